The normalized spacial score (nSPS) is 20.0. The van der Waals surface area contributed by atoms with Crippen LogP contribution < -0.4 is 5.32 Å². The first kappa shape index (κ1) is 21.5. The molecular formula is C21H27N5O4S. The van der Waals surface area contributed by atoms with E-state index < -0.39 is 15.9 Å². The molecule has 0 unspecified atom stereocenters. The fourth-order valence-corrected chi connectivity index (χ4v) is 5.61. The number of aryl methyl sites for hydroxylation is 1. The van der Waals surface area contributed by atoms with Crippen molar-refractivity contribution in [2.24, 2.45) is 5.92 Å². The van der Waals surface area contributed by atoms with Gasteiger partial charge in [0.25, 0.3) is 5.91 Å². The number of aromatic nitrogens is 2. The van der Waals surface area contributed by atoms with Crippen LogP contribution in [0.3, 0.4) is 0 Å². The van der Waals surface area contributed by atoms with Crippen molar-refractivity contribution in [1.29, 1.82) is 0 Å². The Kier molecular flexibility index (Phi) is 6.10. The summed E-state index contributed by atoms with van der Waals surface area (Å²) in [6.07, 6.45) is 6.10. The van der Waals surface area contributed by atoms with Gasteiger partial charge in [-0.3, -0.25) is 9.59 Å². The van der Waals surface area contributed by atoms with Gasteiger partial charge in [0.15, 0.2) is 0 Å². The van der Waals surface area contributed by atoms with E-state index in [9.17, 15) is 18.0 Å². The topological polar surface area (TPSA) is 115 Å². The molecular weight excluding hydrogens is 418 g/mol. The summed E-state index contributed by atoms with van der Waals surface area (Å²) in [5, 5.41) is 2.79. The monoisotopic (exact) mass is 445 g/mol. The molecule has 2 aliphatic rings. The van der Waals surface area contributed by atoms with Crippen molar-refractivity contribution >= 4 is 27.7 Å². The van der Waals surface area contributed by atoms with Gasteiger partial charge in [0.05, 0.1) is 5.92 Å². The van der Waals surface area contributed by atoms with Gasteiger partial charge in [-0.2, -0.15) is 4.31 Å². The zero-order chi connectivity index (χ0) is 22.0. The molecule has 166 valence electrons. The largest absolute Gasteiger partial charge is 0.356 e. The fraction of sp³-hybridized carbons (Fsp3) is 0.476. The molecule has 2 aliphatic heterocycles. The highest BCUT2D eigenvalue weighted by molar-refractivity contribution is 7.89. The van der Waals surface area contributed by atoms with E-state index in [0.717, 1.165) is 18.4 Å². The average molecular weight is 446 g/mol. The minimum atomic E-state index is -3.81. The molecule has 2 fully saturated rings. The van der Waals surface area contributed by atoms with E-state index in [-0.39, 0.29) is 28.9 Å². The van der Waals surface area contributed by atoms with Crippen LogP contribution in [0.2, 0.25) is 0 Å². The van der Waals surface area contributed by atoms with Gasteiger partial charge < -0.3 is 15.2 Å². The van der Waals surface area contributed by atoms with Crippen molar-refractivity contribution in [3.63, 3.8) is 0 Å². The molecule has 0 radical (unpaired) electrons. The molecule has 0 aromatic carbocycles. The molecule has 0 saturated carbocycles. The van der Waals surface area contributed by atoms with Crippen molar-refractivity contribution in [1.82, 2.24) is 19.2 Å². The molecule has 2 aromatic heterocycles. The molecule has 0 bridgehead atoms. The van der Waals surface area contributed by atoms with Crippen molar-refractivity contribution in [3.8, 4) is 0 Å². The van der Waals surface area contributed by atoms with Gasteiger partial charge in [0.2, 0.25) is 15.9 Å². The first-order chi connectivity index (χ1) is 14.8. The SMILES string of the molecule is Cc1ccnc(NC(=O)[C@@H]2CCCN(S(=O)(=O)c3c[nH]c(C(=O)N4CCCC4)c3)C2)c1. The van der Waals surface area contributed by atoms with Crippen molar-refractivity contribution < 1.29 is 18.0 Å². The minimum Gasteiger partial charge on any atom is -0.356 e. The number of anilines is 1. The van der Waals surface area contributed by atoms with Crippen LogP contribution in [-0.4, -0.2) is 65.6 Å². The lowest BCUT2D eigenvalue weighted by Gasteiger charge is -2.30. The summed E-state index contributed by atoms with van der Waals surface area (Å²) in [6, 6.07) is 5.01. The number of carbonyl (C=O) groups is 2. The van der Waals surface area contributed by atoms with Gasteiger partial charge in [-0.15, -0.1) is 0 Å². The molecule has 10 heteroatoms. The second kappa shape index (κ2) is 8.80. The number of carbonyl (C=O) groups excluding carboxylic acids is 2. The van der Waals surface area contributed by atoms with Crippen LogP contribution in [-0.2, 0) is 14.8 Å². The van der Waals surface area contributed by atoms with E-state index >= 15 is 0 Å². The van der Waals surface area contributed by atoms with Crippen molar-refractivity contribution in [2.75, 3.05) is 31.5 Å². The lowest BCUT2D eigenvalue weighted by atomic mass is 9.99. The van der Waals surface area contributed by atoms with Crippen molar-refractivity contribution in [2.45, 2.75) is 37.5 Å². The number of hydrogen-bond acceptors (Lipinski definition) is 5. The summed E-state index contributed by atoms with van der Waals surface area (Å²) < 4.78 is 27.6. The smallest absolute Gasteiger partial charge is 0.270 e. The summed E-state index contributed by atoms with van der Waals surface area (Å²) in [5.74, 6) is -0.423. The lowest BCUT2D eigenvalue weighted by Crippen LogP contribution is -2.43. The van der Waals surface area contributed by atoms with Crippen LogP contribution in [0.25, 0.3) is 0 Å². The van der Waals surface area contributed by atoms with Gasteiger partial charge in [-0.1, -0.05) is 0 Å². The average Bonchev–Trinajstić information content (AvgIpc) is 3.46. The van der Waals surface area contributed by atoms with E-state index in [1.807, 2.05) is 13.0 Å². The summed E-state index contributed by atoms with van der Waals surface area (Å²) >= 11 is 0. The predicted octanol–water partition coefficient (Wildman–Crippen LogP) is 1.99. The molecule has 2 N–H and O–H groups in total. The number of likely N-dealkylation sites (tertiary alicyclic amines) is 1. The number of amides is 2. The Morgan fingerprint density at radius 3 is 2.68 bits per heavy atom. The van der Waals surface area contributed by atoms with E-state index in [1.54, 1.807) is 17.2 Å². The van der Waals surface area contributed by atoms with Crippen LogP contribution in [0.1, 0.15) is 41.7 Å². The maximum absolute atomic E-state index is 13.2. The van der Waals surface area contributed by atoms with Crippen LogP contribution >= 0.6 is 0 Å². The van der Waals surface area contributed by atoms with Crippen LogP contribution in [0.4, 0.5) is 5.82 Å². The zero-order valence-corrected chi connectivity index (χ0v) is 18.3. The highest BCUT2D eigenvalue weighted by Gasteiger charge is 2.34. The molecule has 9 nitrogen and oxygen atoms in total. The molecule has 1 atom stereocenters. The Balaban J connectivity index is 1.44. The number of pyridine rings is 1. The number of nitrogens with one attached hydrogen (secondary N) is 2. The number of sulfonamides is 1. The van der Waals surface area contributed by atoms with E-state index in [2.05, 4.69) is 15.3 Å². The Labute approximate surface area is 181 Å². The van der Waals surface area contributed by atoms with E-state index in [1.165, 1.54) is 16.6 Å². The first-order valence-corrected chi connectivity index (χ1v) is 12.0. The van der Waals surface area contributed by atoms with Crippen molar-refractivity contribution in [3.05, 3.63) is 41.9 Å². The Hall–Kier alpha value is -2.72. The van der Waals surface area contributed by atoms with Gasteiger partial charge >= 0.3 is 0 Å². The maximum atomic E-state index is 13.2. The third-order valence-electron chi connectivity index (χ3n) is 5.84. The maximum Gasteiger partial charge on any atom is 0.270 e. The first-order valence-electron chi connectivity index (χ1n) is 10.6. The quantitative estimate of drug-likeness (QED) is 0.730. The van der Waals surface area contributed by atoms with Crippen LogP contribution in [0.15, 0.2) is 35.5 Å². The Morgan fingerprint density at radius 2 is 1.94 bits per heavy atom. The number of H-pyrrole nitrogens is 1. The van der Waals surface area contributed by atoms with Crippen LogP contribution in [0, 0.1) is 12.8 Å². The molecule has 4 heterocycles. The Bertz CT molecular complexity index is 1070. The third-order valence-corrected chi connectivity index (χ3v) is 7.68. The third kappa shape index (κ3) is 4.64. The van der Waals surface area contributed by atoms with Gasteiger partial charge in [-0.05, 0) is 56.4 Å². The number of piperidine rings is 1. The molecule has 2 amide bonds. The number of nitrogens with zero attached hydrogens (tertiary/aromatic N) is 3. The lowest BCUT2D eigenvalue weighted by molar-refractivity contribution is -0.120. The summed E-state index contributed by atoms with van der Waals surface area (Å²) in [5.41, 5.74) is 1.25. The van der Waals surface area contributed by atoms with E-state index in [0.29, 0.717) is 38.3 Å². The molecule has 4 rings (SSSR count). The highest BCUT2D eigenvalue weighted by Crippen LogP contribution is 2.26. The fourth-order valence-electron chi connectivity index (χ4n) is 4.09. The standard InChI is InChI=1S/C21H27N5O4S/c1-15-6-7-22-19(11-15)24-20(27)16-5-4-10-26(14-16)31(29,30)17-12-18(23-13-17)21(28)25-8-2-3-9-25/h6-7,11-13,16,23H,2-5,8-10,14H2,1H3,(H,22,24,27)/t16-/m1/s1. The predicted molar refractivity (Wildman–Crippen MR) is 115 cm³/mol. The number of hydrogen-bond donors (Lipinski definition) is 2. The molecule has 0 spiro atoms. The summed E-state index contributed by atoms with van der Waals surface area (Å²) in [7, 11) is -3.81. The van der Waals surface area contributed by atoms with Gasteiger partial charge in [-0.25, -0.2) is 13.4 Å². The zero-order valence-electron chi connectivity index (χ0n) is 17.5. The summed E-state index contributed by atoms with van der Waals surface area (Å²) in [4.78, 5) is 34.0. The molecule has 2 saturated heterocycles. The Morgan fingerprint density at radius 1 is 1.16 bits per heavy atom. The minimum absolute atomic E-state index is 0.0523. The van der Waals surface area contributed by atoms with Crippen LogP contribution in [0.5, 0.6) is 0 Å². The summed E-state index contributed by atoms with van der Waals surface area (Å²) in [6.45, 7) is 3.74. The second-order valence-corrected chi connectivity index (χ2v) is 10.1. The van der Waals surface area contributed by atoms with E-state index in [4.69, 9.17) is 0 Å². The number of rotatable bonds is 5. The molecule has 31 heavy (non-hydrogen) atoms. The highest BCUT2D eigenvalue weighted by atomic mass is 32.2. The molecule has 2 aromatic rings. The molecule has 0 aliphatic carbocycles. The number of aromatic amines is 1. The second-order valence-electron chi connectivity index (χ2n) is 8.16. The van der Waals surface area contributed by atoms with Gasteiger partial charge in [0, 0.05) is 38.6 Å². The van der Waals surface area contributed by atoms with Gasteiger partial charge in [0.1, 0.15) is 16.4 Å².